The van der Waals surface area contributed by atoms with E-state index in [-0.39, 0.29) is 12.5 Å². The molecule has 0 saturated heterocycles. The highest BCUT2D eigenvalue weighted by Crippen LogP contribution is 2.12. The number of nitrogens with one attached hydrogen (secondary N) is 1. The molecule has 1 amide bonds. The van der Waals surface area contributed by atoms with Crippen LogP contribution in [0.15, 0.2) is 24.4 Å². The molecule has 2 N–H and O–H groups in total. The molecule has 1 unspecified atom stereocenters. The van der Waals surface area contributed by atoms with Crippen molar-refractivity contribution < 1.29 is 9.90 Å². The minimum atomic E-state index is -0.609. The molecule has 0 fully saturated rings. The van der Waals surface area contributed by atoms with Crippen molar-refractivity contribution in [3.63, 3.8) is 0 Å². The van der Waals surface area contributed by atoms with Crippen LogP contribution in [0, 0.1) is 6.92 Å². The topological polar surface area (TPSA) is 66.6 Å². The zero-order valence-corrected chi connectivity index (χ0v) is 11.5. The van der Waals surface area contributed by atoms with Crippen molar-refractivity contribution in [2.45, 2.75) is 32.7 Å². The molecule has 0 saturated carbocycles. The number of aliphatic hydroxyl groups excluding tert-OH is 1. The Bertz CT molecular complexity index is 600. The Hall–Kier alpha value is -1.88. The van der Waals surface area contributed by atoms with Gasteiger partial charge in [0.2, 0.25) is 0 Å². The molecule has 0 aliphatic carbocycles. The first-order valence-electron chi connectivity index (χ1n) is 6.37. The maximum atomic E-state index is 12.2. The summed E-state index contributed by atoms with van der Waals surface area (Å²) in [7, 11) is 0. The van der Waals surface area contributed by atoms with Gasteiger partial charge in [-0.3, -0.25) is 4.79 Å². The summed E-state index contributed by atoms with van der Waals surface area (Å²) in [6.45, 7) is 5.60. The van der Waals surface area contributed by atoms with Gasteiger partial charge in [0, 0.05) is 11.9 Å². The highest BCUT2D eigenvalue weighted by molar-refractivity contribution is 5.93. The largest absolute Gasteiger partial charge is 0.394 e. The van der Waals surface area contributed by atoms with Crippen molar-refractivity contribution >= 4 is 11.6 Å². The van der Waals surface area contributed by atoms with Gasteiger partial charge < -0.3 is 14.8 Å². The molecular weight excluding hydrogens is 242 g/mol. The van der Waals surface area contributed by atoms with Crippen LogP contribution in [0.1, 0.15) is 36.5 Å². The molecule has 0 spiro atoms. The van der Waals surface area contributed by atoms with Crippen LogP contribution in [0.2, 0.25) is 0 Å². The Morgan fingerprint density at radius 1 is 1.53 bits per heavy atom. The van der Waals surface area contributed by atoms with Gasteiger partial charge in [0.15, 0.2) is 0 Å². The van der Waals surface area contributed by atoms with E-state index in [0.717, 1.165) is 11.3 Å². The maximum absolute atomic E-state index is 12.2. The Labute approximate surface area is 112 Å². The van der Waals surface area contributed by atoms with E-state index in [9.17, 15) is 9.90 Å². The summed E-state index contributed by atoms with van der Waals surface area (Å²) in [5, 5.41) is 12.1. The van der Waals surface area contributed by atoms with Crippen molar-refractivity contribution in [3.05, 3.63) is 35.8 Å². The second-order valence-electron chi connectivity index (χ2n) is 5.05. The number of carbonyl (C=O) groups excluding carboxylic acids is 1. The number of carbonyl (C=O) groups is 1. The lowest BCUT2D eigenvalue weighted by molar-refractivity contribution is 0.0843. The molecule has 0 aliphatic rings. The van der Waals surface area contributed by atoms with Crippen LogP contribution >= 0.6 is 0 Å². The summed E-state index contributed by atoms with van der Waals surface area (Å²) < 4.78 is 1.87. The van der Waals surface area contributed by atoms with Gasteiger partial charge in [0.05, 0.1) is 12.1 Å². The van der Waals surface area contributed by atoms with Crippen molar-refractivity contribution in [3.8, 4) is 0 Å². The lowest BCUT2D eigenvalue weighted by Crippen LogP contribution is -2.48. The number of rotatable bonds is 4. The summed E-state index contributed by atoms with van der Waals surface area (Å²) in [5.74, 6) is -0.262. The summed E-state index contributed by atoms with van der Waals surface area (Å²) in [6, 6.07) is 5.72. The number of nitrogens with zero attached hydrogens (tertiary/aromatic N) is 2. The van der Waals surface area contributed by atoms with Gasteiger partial charge in [-0.05, 0) is 32.4 Å². The minimum absolute atomic E-state index is 0.0956. The lowest BCUT2D eigenvalue weighted by atomic mass is 10.0. The Morgan fingerprint density at radius 2 is 2.26 bits per heavy atom. The van der Waals surface area contributed by atoms with Crippen molar-refractivity contribution in [2.24, 2.45) is 0 Å². The van der Waals surface area contributed by atoms with Gasteiger partial charge in [-0.25, -0.2) is 4.98 Å². The van der Waals surface area contributed by atoms with Crippen LogP contribution < -0.4 is 5.32 Å². The van der Waals surface area contributed by atoms with Gasteiger partial charge in [-0.1, -0.05) is 13.0 Å². The molecule has 5 heteroatoms. The van der Waals surface area contributed by atoms with Crippen LogP contribution in [-0.2, 0) is 0 Å². The third-order valence-electron chi connectivity index (χ3n) is 3.47. The average molecular weight is 261 g/mol. The fourth-order valence-corrected chi connectivity index (χ4v) is 1.84. The fourth-order valence-electron chi connectivity index (χ4n) is 1.84. The van der Waals surface area contributed by atoms with Gasteiger partial charge in [-0.15, -0.1) is 0 Å². The zero-order valence-electron chi connectivity index (χ0n) is 11.5. The number of pyridine rings is 1. The Morgan fingerprint density at radius 3 is 2.84 bits per heavy atom. The molecule has 1 atom stereocenters. The molecule has 2 aromatic rings. The summed E-state index contributed by atoms with van der Waals surface area (Å²) in [4.78, 5) is 16.5. The van der Waals surface area contributed by atoms with Crippen LogP contribution in [-0.4, -0.2) is 32.5 Å². The summed E-state index contributed by atoms with van der Waals surface area (Å²) in [6.07, 6.45) is 2.37. The highest BCUT2D eigenvalue weighted by Gasteiger charge is 2.25. The molecule has 2 heterocycles. The minimum Gasteiger partial charge on any atom is -0.394 e. The van der Waals surface area contributed by atoms with E-state index in [1.54, 1.807) is 6.20 Å². The van der Waals surface area contributed by atoms with Gasteiger partial charge in [0.1, 0.15) is 11.3 Å². The van der Waals surface area contributed by atoms with Gasteiger partial charge in [0.25, 0.3) is 5.91 Å². The van der Waals surface area contributed by atoms with Crippen LogP contribution in [0.3, 0.4) is 0 Å². The predicted molar refractivity (Wildman–Crippen MR) is 73.2 cm³/mol. The van der Waals surface area contributed by atoms with E-state index in [4.69, 9.17) is 0 Å². The second-order valence-corrected chi connectivity index (χ2v) is 5.05. The van der Waals surface area contributed by atoms with Crippen molar-refractivity contribution in [1.82, 2.24) is 14.7 Å². The van der Waals surface area contributed by atoms with E-state index in [0.29, 0.717) is 12.1 Å². The predicted octanol–water partition coefficient (Wildman–Crippen LogP) is 1.53. The lowest BCUT2D eigenvalue weighted by Gasteiger charge is -2.26. The molecule has 0 bridgehead atoms. The third-order valence-corrected chi connectivity index (χ3v) is 3.47. The molecule has 2 rings (SSSR count). The first-order valence-corrected chi connectivity index (χ1v) is 6.37. The van der Waals surface area contributed by atoms with E-state index in [1.807, 2.05) is 43.4 Å². The number of amides is 1. The SMILES string of the molecule is CCC(C)(CO)NC(=O)c1cn2c(C)cccc2n1. The third kappa shape index (κ3) is 2.61. The smallest absolute Gasteiger partial charge is 0.272 e. The number of hydrogen-bond acceptors (Lipinski definition) is 3. The van der Waals surface area contributed by atoms with E-state index < -0.39 is 5.54 Å². The monoisotopic (exact) mass is 261 g/mol. The van der Waals surface area contributed by atoms with E-state index in [2.05, 4.69) is 10.3 Å². The maximum Gasteiger partial charge on any atom is 0.272 e. The molecular formula is C14H19N3O2. The summed E-state index contributed by atoms with van der Waals surface area (Å²) >= 11 is 0. The number of aryl methyl sites for hydroxylation is 1. The highest BCUT2D eigenvalue weighted by atomic mass is 16.3. The van der Waals surface area contributed by atoms with Crippen LogP contribution in [0.5, 0.6) is 0 Å². The molecule has 5 nitrogen and oxygen atoms in total. The molecule has 0 aromatic carbocycles. The number of aliphatic hydroxyl groups is 1. The molecule has 102 valence electrons. The fraction of sp³-hybridized carbons (Fsp3) is 0.429. The number of fused-ring (bicyclic) bond motifs is 1. The first-order chi connectivity index (χ1) is 8.99. The molecule has 19 heavy (non-hydrogen) atoms. The quantitative estimate of drug-likeness (QED) is 0.877. The second kappa shape index (κ2) is 5.01. The molecule has 0 radical (unpaired) electrons. The Balaban J connectivity index is 2.30. The standard InChI is InChI=1S/C14H19N3O2/c1-4-14(3,9-18)16-13(19)11-8-17-10(2)6-5-7-12(17)15-11/h5-8,18H,4,9H2,1-3H3,(H,16,19). The summed E-state index contributed by atoms with van der Waals surface area (Å²) in [5.41, 5.74) is 1.52. The Kier molecular flexibility index (Phi) is 3.57. The molecule has 2 aromatic heterocycles. The first kappa shape index (κ1) is 13.5. The number of aromatic nitrogens is 2. The van der Waals surface area contributed by atoms with E-state index in [1.165, 1.54) is 0 Å². The number of imidazole rings is 1. The van der Waals surface area contributed by atoms with Gasteiger partial charge >= 0.3 is 0 Å². The van der Waals surface area contributed by atoms with Crippen molar-refractivity contribution in [2.75, 3.05) is 6.61 Å². The van der Waals surface area contributed by atoms with E-state index >= 15 is 0 Å². The normalized spacial score (nSPS) is 14.3. The van der Waals surface area contributed by atoms with Gasteiger partial charge in [-0.2, -0.15) is 0 Å². The van der Waals surface area contributed by atoms with Crippen LogP contribution in [0.4, 0.5) is 0 Å². The zero-order chi connectivity index (χ0) is 14.0. The average Bonchev–Trinajstić information content (AvgIpc) is 2.84. The molecule has 0 aliphatic heterocycles. The van der Waals surface area contributed by atoms with Crippen LogP contribution in [0.25, 0.3) is 5.65 Å². The number of hydrogen-bond donors (Lipinski definition) is 2. The van der Waals surface area contributed by atoms with Crippen molar-refractivity contribution in [1.29, 1.82) is 0 Å².